The first-order valence-electron chi connectivity index (χ1n) is 8.72. The Morgan fingerprint density at radius 1 is 1.00 bits per heavy atom. The maximum atomic E-state index is 4.59. The first-order chi connectivity index (χ1) is 13.1. The third-order valence-corrected chi connectivity index (χ3v) is 4.38. The fourth-order valence-corrected chi connectivity index (χ4v) is 2.90. The largest absolute Gasteiger partial charge is 0.378 e. The van der Waals surface area contributed by atoms with Gasteiger partial charge in [0.2, 0.25) is 5.82 Å². The summed E-state index contributed by atoms with van der Waals surface area (Å²) < 4.78 is 1.75. The second-order valence-corrected chi connectivity index (χ2v) is 6.48. The summed E-state index contributed by atoms with van der Waals surface area (Å²) in [6.07, 6.45) is 7.85. The average Bonchev–Trinajstić information content (AvgIpc) is 3.22. The van der Waals surface area contributed by atoms with Gasteiger partial charge in [-0.1, -0.05) is 30.4 Å². The Kier molecular flexibility index (Phi) is 4.38. The minimum atomic E-state index is 0.650. The van der Waals surface area contributed by atoms with E-state index in [1.54, 1.807) is 10.7 Å². The average molecular weight is 356 g/mol. The second-order valence-electron chi connectivity index (χ2n) is 6.48. The normalized spacial score (nSPS) is 12.3. The van der Waals surface area contributed by atoms with Crippen LogP contribution in [0.25, 0.3) is 29.3 Å². The molecule has 4 aromatic rings. The minimum absolute atomic E-state index is 0.650. The number of hydrogen-bond acceptors (Lipinski definition) is 5. The van der Waals surface area contributed by atoms with E-state index in [9.17, 15) is 0 Å². The van der Waals surface area contributed by atoms with E-state index in [-0.39, 0.29) is 0 Å². The maximum absolute atomic E-state index is 4.59. The number of aromatic nitrogens is 5. The van der Waals surface area contributed by atoms with Crippen molar-refractivity contribution in [3.63, 3.8) is 0 Å². The van der Waals surface area contributed by atoms with E-state index in [0.29, 0.717) is 5.82 Å². The molecule has 3 aromatic heterocycles. The van der Waals surface area contributed by atoms with Crippen LogP contribution < -0.4 is 10.1 Å². The summed E-state index contributed by atoms with van der Waals surface area (Å²) in [4.78, 5) is 6.42. The third kappa shape index (κ3) is 3.29. The number of pyridine rings is 1. The van der Waals surface area contributed by atoms with Crippen molar-refractivity contribution in [3.05, 3.63) is 71.2 Å². The molecule has 0 aliphatic carbocycles. The number of fused-ring (bicyclic) bond motifs is 1. The Morgan fingerprint density at radius 3 is 2.52 bits per heavy atom. The van der Waals surface area contributed by atoms with E-state index in [0.717, 1.165) is 27.8 Å². The van der Waals surface area contributed by atoms with E-state index in [2.05, 4.69) is 55.5 Å². The fraction of sp³-hybridized carbons (Fsp3) is 0.143. The molecule has 3 heterocycles. The highest BCUT2D eigenvalue weighted by molar-refractivity contribution is 5.64. The van der Waals surface area contributed by atoms with Crippen molar-refractivity contribution in [3.8, 4) is 11.5 Å². The van der Waals surface area contributed by atoms with Crippen LogP contribution in [0.5, 0.6) is 0 Å². The maximum Gasteiger partial charge on any atom is 0.203 e. The fourth-order valence-electron chi connectivity index (χ4n) is 2.90. The van der Waals surface area contributed by atoms with Crippen molar-refractivity contribution in [2.75, 3.05) is 19.0 Å². The van der Waals surface area contributed by atoms with Gasteiger partial charge >= 0.3 is 0 Å². The van der Waals surface area contributed by atoms with E-state index in [1.165, 1.54) is 5.69 Å². The molecule has 0 aliphatic rings. The molecule has 1 aromatic carbocycles. The number of rotatable bonds is 4. The van der Waals surface area contributed by atoms with Crippen LogP contribution in [0.4, 0.5) is 5.69 Å². The van der Waals surface area contributed by atoms with Gasteiger partial charge in [-0.2, -0.15) is 9.61 Å². The Hall–Kier alpha value is -3.54. The van der Waals surface area contributed by atoms with Crippen LogP contribution in [0.3, 0.4) is 0 Å². The molecule has 134 valence electrons. The lowest BCUT2D eigenvalue weighted by molar-refractivity contribution is 0.930. The standard InChI is InChI=1S/C21H20N6/c1-15-18(8-6-7-16-10-12-17(13-11-16)26(2)3)20-23-24-21(27(20)25-15)19-9-4-5-14-22-19/h4-14H,1-3H3/b7-6+,18-8+. The van der Waals surface area contributed by atoms with E-state index in [4.69, 9.17) is 0 Å². The molecular weight excluding hydrogens is 336 g/mol. The van der Waals surface area contributed by atoms with Gasteiger partial charge in [0.1, 0.15) is 5.69 Å². The Labute approximate surface area is 157 Å². The predicted octanol–water partition coefficient (Wildman–Crippen LogP) is 2.77. The molecule has 0 bridgehead atoms. The molecule has 0 N–H and O–H groups in total. The van der Waals surface area contributed by atoms with Crippen LogP contribution in [-0.2, 0) is 0 Å². The van der Waals surface area contributed by atoms with Gasteiger partial charge in [0.15, 0.2) is 5.65 Å². The van der Waals surface area contributed by atoms with Gasteiger partial charge in [0.05, 0.1) is 5.69 Å². The lowest BCUT2D eigenvalue weighted by Gasteiger charge is -2.11. The molecule has 0 saturated carbocycles. The van der Waals surface area contributed by atoms with E-state index >= 15 is 0 Å². The number of nitrogens with zero attached hydrogens (tertiary/aromatic N) is 6. The van der Waals surface area contributed by atoms with Gasteiger partial charge < -0.3 is 4.90 Å². The Balaban J connectivity index is 1.67. The number of hydrogen-bond donors (Lipinski definition) is 0. The van der Waals surface area contributed by atoms with Gasteiger partial charge in [-0.3, -0.25) is 4.98 Å². The lowest BCUT2D eigenvalue weighted by atomic mass is 10.2. The van der Waals surface area contributed by atoms with Gasteiger partial charge in [-0.25, -0.2) is 0 Å². The topological polar surface area (TPSA) is 59.2 Å². The summed E-state index contributed by atoms with van der Waals surface area (Å²) >= 11 is 0. The van der Waals surface area contributed by atoms with Crippen molar-refractivity contribution >= 4 is 23.5 Å². The van der Waals surface area contributed by atoms with Crippen molar-refractivity contribution in [1.29, 1.82) is 0 Å². The highest BCUT2D eigenvalue weighted by Gasteiger charge is 2.13. The van der Waals surface area contributed by atoms with Crippen LogP contribution in [0, 0.1) is 6.92 Å². The van der Waals surface area contributed by atoms with Crippen molar-refractivity contribution in [2.45, 2.75) is 6.92 Å². The van der Waals surface area contributed by atoms with Crippen molar-refractivity contribution in [2.24, 2.45) is 0 Å². The minimum Gasteiger partial charge on any atom is -0.378 e. The molecule has 0 radical (unpaired) electrons. The summed E-state index contributed by atoms with van der Waals surface area (Å²) in [6, 6.07) is 14.1. The quantitative estimate of drug-likeness (QED) is 0.563. The summed E-state index contributed by atoms with van der Waals surface area (Å²) in [6.45, 7) is 1.97. The van der Waals surface area contributed by atoms with Gasteiger partial charge in [-0.05, 0) is 42.8 Å². The molecule has 0 fully saturated rings. The lowest BCUT2D eigenvalue weighted by Crippen LogP contribution is -2.07. The molecule has 0 unspecified atom stereocenters. The number of aryl methyl sites for hydroxylation is 1. The molecule has 27 heavy (non-hydrogen) atoms. The highest BCUT2D eigenvalue weighted by Crippen LogP contribution is 2.14. The molecule has 4 rings (SSSR count). The first kappa shape index (κ1) is 16.9. The Morgan fingerprint density at radius 2 is 1.81 bits per heavy atom. The molecule has 6 heteroatoms. The van der Waals surface area contributed by atoms with Crippen LogP contribution >= 0.6 is 0 Å². The van der Waals surface area contributed by atoms with Gasteiger partial charge in [-0.15, -0.1) is 10.2 Å². The van der Waals surface area contributed by atoms with Gasteiger partial charge in [0.25, 0.3) is 0 Å². The van der Waals surface area contributed by atoms with Crippen LogP contribution in [-0.4, -0.2) is 38.9 Å². The SMILES string of the molecule is Cc1nn2c(-c3ccccn3)nnc2/c1=C/C=C/c1ccc(N(C)C)cc1. The summed E-state index contributed by atoms with van der Waals surface area (Å²) in [5.41, 5.74) is 4.72. The summed E-state index contributed by atoms with van der Waals surface area (Å²) in [5.74, 6) is 0.650. The molecule has 0 spiro atoms. The zero-order chi connectivity index (χ0) is 18.8. The first-order valence-corrected chi connectivity index (χ1v) is 8.72. The molecular formula is C21H20N6. The van der Waals surface area contributed by atoms with Crippen LogP contribution in [0.1, 0.15) is 11.3 Å². The number of allylic oxidation sites excluding steroid dienone is 1. The molecule has 0 aliphatic heterocycles. The second kappa shape index (κ2) is 6.99. The van der Waals surface area contributed by atoms with E-state index in [1.807, 2.05) is 51.4 Å². The number of benzene rings is 1. The van der Waals surface area contributed by atoms with Crippen LogP contribution in [0.15, 0.2) is 54.7 Å². The molecule has 6 nitrogen and oxygen atoms in total. The van der Waals surface area contributed by atoms with Gasteiger partial charge in [0, 0.05) is 31.2 Å². The van der Waals surface area contributed by atoms with Crippen molar-refractivity contribution < 1.29 is 0 Å². The zero-order valence-corrected chi connectivity index (χ0v) is 15.5. The highest BCUT2D eigenvalue weighted by atomic mass is 15.4. The summed E-state index contributed by atoms with van der Waals surface area (Å²) in [5, 5.41) is 14.1. The smallest absolute Gasteiger partial charge is 0.203 e. The molecule has 0 saturated heterocycles. The third-order valence-electron chi connectivity index (χ3n) is 4.38. The monoisotopic (exact) mass is 356 g/mol. The predicted molar refractivity (Wildman–Crippen MR) is 108 cm³/mol. The van der Waals surface area contributed by atoms with E-state index < -0.39 is 0 Å². The number of anilines is 1. The molecule has 0 atom stereocenters. The summed E-state index contributed by atoms with van der Waals surface area (Å²) in [7, 11) is 4.07. The van der Waals surface area contributed by atoms with Crippen LogP contribution in [0.2, 0.25) is 0 Å². The zero-order valence-electron chi connectivity index (χ0n) is 15.5. The Bertz CT molecular complexity index is 1140. The van der Waals surface area contributed by atoms with Crippen molar-refractivity contribution in [1.82, 2.24) is 24.8 Å². The molecule has 0 amide bonds.